The summed E-state index contributed by atoms with van der Waals surface area (Å²) in [5.74, 6) is 0.592. The van der Waals surface area contributed by atoms with Crippen molar-refractivity contribution in [2.75, 3.05) is 12.4 Å². The van der Waals surface area contributed by atoms with Gasteiger partial charge in [-0.1, -0.05) is 15.9 Å². The molecule has 2 nitrogen and oxygen atoms in total. The molecule has 2 rings (SSSR count). The van der Waals surface area contributed by atoms with E-state index in [0.717, 1.165) is 22.9 Å². The van der Waals surface area contributed by atoms with E-state index in [0.29, 0.717) is 18.5 Å². The zero-order chi connectivity index (χ0) is 11.5. The van der Waals surface area contributed by atoms with Gasteiger partial charge in [-0.3, -0.25) is 4.79 Å². The molecule has 0 atom stereocenters. The van der Waals surface area contributed by atoms with Gasteiger partial charge in [-0.05, 0) is 37.1 Å². The molecule has 1 aliphatic rings. The van der Waals surface area contributed by atoms with E-state index < -0.39 is 0 Å². The summed E-state index contributed by atoms with van der Waals surface area (Å²) >= 11 is 9.08. The first-order valence-electron chi connectivity index (χ1n) is 5.35. The van der Waals surface area contributed by atoms with E-state index in [4.69, 9.17) is 11.6 Å². The summed E-state index contributed by atoms with van der Waals surface area (Å²) in [5, 5.41) is 0. The van der Waals surface area contributed by atoms with E-state index >= 15 is 0 Å². The number of rotatable bonds is 4. The van der Waals surface area contributed by atoms with Gasteiger partial charge in [0, 0.05) is 28.5 Å². The molecule has 0 unspecified atom stereocenters. The summed E-state index contributed by atoms with van der Waals surface area (Å²) in [4.78, 5) is 14.1. The van der Waals surface area contributed by atoms with E-state index in [1.807, 2.05) is 29.2 Å². The third kappa shape index (κ3) is 2.77. The van der Waals surface area contributed by atoms with Gasteiger partial charge in [0.2, 0.25) is 0 Å². The second kappa shape index (κ2) is 5.19. The van der Waals surface area contributed by atoms with Crippen LogP contribution in [0.15, 0.2) is 28.7 Å². The Kier molecular flexibility index (Phi) is 3.87. The van der Waals surface area contributed by atoms with Gasteiger partial charge in [-0.25, -0.2) is 0 Å². The fourth-order valence-corrected chi connectivity index (χ4v) is 2.13. The second-order valence-corrected chi connectivity index (χ2v) is 5.22. The zero-order valence-corrected chi connectivity index (χ0v) is 11.2. The molecule has 1 fully saturated rings. The van der Waals surface area contributed by atoms with Gasteiger partial charge in [-0.2, -0.15) is 0 Å². The van der Waals surface area contributed by atoms with Crippen LogP contribution in [0, 0.1) is 0 Å². The largest absolute Gasteiger partial charge is 0.334 e. The summed E-state index contributed by atoms with van der Waals surface area (Å²) in [6.45, 7) is 0.640. The Morgan fingerprint density at radius 3 is 2.50 bits per heavy atom. The fourth-order valence-electron chi connectivity index (χ4n) is 1.69. The number of benzene rings is 1. The zero-order valence-electron chi connectivity index (χ0n) is 8.83. The fraction of sp³-hybridized carbons (Fsp3) is 0.417. The minimum Gasteiger partial charge on any atom is -0.334 e. The van der Waals surface area contributed by atoms with Gasteiger partial charge in [0.25, 0.3) is 5.91 Å². The van der Waals surface area contributed by atoms with Crippen molar-refractivity contribution in [1.82, 2.24) is 4.90 Å². The molecule has 1 amide bonds. The van der Waals surface area contributed by atoms with Crippen LogP contribution in [0.3, 0.4) is 0 Å². The lowest BCUT2D eigenvalue weighted by atomic mass is 10.2. The quantitative estimate of drug-likeness (QED) is 0.782. The van der Waals surface area contributed by atoms with Crippen molar-refractivity contribution in [3.63, 3.8) is 0 Å². The number of hydrogen-bond acceptors (Lipinski definition) is 1. The lowest BCUT2D eigenvalue weighted by Crippen LogP contribution is -2.34. The van der Waals surface area contributed by atoms with Crippen molar-refractivity contribution >= 4 is 33.4 Å². The minimum absolute atomic E-state index is 0.0932. The molecule has 0 spiro atoms. The molecule has 0 bridgehead atoms. The summed E-state index contributed by atoms with van der Waals surface area (Å²) in [5.41, 5.74) is 0.736. The van der Waals surface area contributed by atoms with Crippen molar-refractivity contribution in [2.45, 2.75) is 18.9 Å². The number of halogens is 2. The van der Waals surface area contributed by atoms with Crippen LogP contribution in [0.2, 0.25) is 0 Å². The van der Waals surface area contributed by atoms with E-state index in [2.05, 4.69) is 15.9 Å². The molecule has 0 saturated heterocycles. The number of carbonyl (C=O) groups is 1. The van der Waals surface area contributed by atoms with Crippen molar-refractivity contribution in [2.24, 2.45) is 0 Å². The molecule has 4 heteroatoms. The first kappa shape index (κ1) is 11.9. The van der Waals surface area contributed by atoms with Crippen LogP contribution in [-0.2, 0) is 0 Å². The van der Waals surface area contributed by atoms with Crippen molar-refractivity contribution in [1.29, 1.82) is 0 Å². The Hall–Kier alpha value is -0.540. The van der Waals surface area contributed by atoms with Crippen LogP contribution in [0.1, 0.15) is 23.2 Å². The highest BCUT2D eigenvalue weighted by atomic mass is 79.9. The topological polar surface area (TPSA) is 20.3 Å². The molecule has 0 heterocycles. The maximum atomic E-state index is 12.2. The lowest BCUT2D eigenvalue weighted by molar-refractivity contribution is 0.0753. The van der Waals surface area contributed by atoms with Crippen molar-refractivity contribution in [3.8, 4) is 0 Å². The van der Waals surface area contributed by atoms with Crippen molar-refractivity contribution < 1.29 is 4.79 Å². The van der Waals surface area contributed by atoms with Crippen LogP contribution in [0.4, 0.5) is 0 Å². The number of carbonyl (C=O) groups excluding carboxylic acids is 1. The number of amides is 1. The third-order valence-corrected chi connectivity index (χ3v) is 3.36. The Labute approximate surface area is 109 Å². The SMILES string of the molecule is O=C(c1ccc(Br)cc1)N(CCCl)C1CC1. The first-order chi connectivity index (χ1) is 7.72. The Morgan fingerprint density at radius 1 is 1.38 bits per heavy atom. The van der Waals surface area contributed by atoms with E-state index in [1.165, 1.54) is 0 Å². The number of nitrogens with zero attached hydrogens (tertiary/aromatic N) is 1. The summed E-state index contributed by atoms with van der Waals surface area (Å²) in [6, 6.07) is 7.87. The molecule has 1 aromatic rings. The molecule has 86 valence electrons. The standard InChI is InChI=1S/C12H13BrClNO/c13-10-3-1-9(2-4-10)12(16)15(8-7-14)11-5-6-11/h1-4,11H,5-8H2. The second-order valence-electron chi connectivity index (χ2n) is 3.93. The van der Waals surface area contributed by atoms with E-state index in [9.17, 15) is 4.79 Å². The summed E-state index contributed by atoms with van der Waals surface area (Å²) < 4.78 is 0.986. The minimum atomic E-state index is 0.0932. The third-order valence-electron chi connectivity index (χ3n) is 2.67. The molecule has 1 aliphatic carbocycles. The molecule has 1 saturated carbocycles. The molecule has 0 radical (unpaired) electrons. The maximum Gasteiger partial charge on any atom is 0.254 e. The van der Waals surface area contributed by atoms with Crippen LogP contribution >= 0.6 is 27.5 Å². The average molecular weight is 303 g/mol. The molecule has 0 aliphatic heterocycles. The van der Waals surface area contributed by atoms with Crippen LogP contribution in [-0.4, -0.2) is 29.3 Å². The summed E-state index contributed by atoms with van der Waals surface area (Å²) in [7, 11) is 0. The van der Waals surface area contributed by atoms with Gasteiger partial charge in [0.15, 0.2) is 0 Å². The normalized spacial score (nSPS) is 14.9. The van der Waals surface area contributed by atoms with Crippen LogP contribution in [0.25, 0.3) is 0 Å². The molecule has 0 aromatic heterocycles. The van der Waals surface area contributed by atoms with E-state index in [1.54, 1.807) is 0 Å². The van der Waals surface area contributed by atoms with Crippen LogP contribution < -0.4 is 0 Å². The monoisotopic (exact) mass is 301 g/mol. The Morgan fingerprint density at radius 2 is 2.00 bits per heavy atom. The average Bonchev–Trinajstić information content (AvgIpc) is 3.10. The van der Waals surface area contributed by atoms with Crippen LogP contribution in [0.5, 0.6) is 0 Å². The first-order valence-corrected chi connectivity index (χ1v) is 6.67. The molecular weight excluding hydrogens is 289 g/mol. The maximum absolute atomic E-state index is 12.2. The predicted octanol–water partition coefficient (Wildman–Crippen LogP) is 3.29. The van der Waals surface area contributed by atoms with Gasteiger partial charge in [-0.15, -0.1) is 11.6 Å². The highest BCUT2D eigenvalue weighted by Gasteiger charge is 2.32. The summed E-state index contributed by atoms with van der Waals surface area (Å²) in [6.07, 6.45) is 2.22. The van der Waals surface area contributed by atoms with E-state index in [-0.39, 0.29) is 5.91 Å². The number of alkyl halides is 1. The van der Waals surface area contributed by atoms with Gasteiger partial charge >= 0.3 is 0 Å². The molecular formula is C12H13BrClNO. The highest BCUT2D eigenvalue weighted by Crippen LogP contribution is 2.28. The van der Waals surface area contributed by atoms with Gasteiger partial charge in [0.05, 0.1) is 0 Å². The Balaban J connectivity index is 2.12. The smallest absolute Gasteiger partial charge is 0.254 e. The Bertz CT molecular complexity index is 375. The molecule has 1 aromatic carbocycles. The highest BCUT2D eigenvalue weighted by molar-refractivity contribution is 9.10. The van der Waals surface area contributed by atoms with Gasteiger partial charge < -0.3 is 4.90 Å². The van der Waals surface area contributed by atoms with Crippen molar-refractivity contribution in [3.05, 3.63) is 34.3 Å². The van der Waals surface area contributed by atoms with Gasteiger partial charge in [0.1, 0.15) is 0 Å². The predicted molar refractivity (Wildman–Crippen MR) is 68.9 cm³/mol. The number of hydrogen-bond donors (Lipinski definition) is 0. The lowest BCUT2D eigenvalue weighted by Gasteiger charge is -2.21. The molecule has 16 heavy (non-hydrogen) atoms. The molecule has 0 N–H and O–H groups in total.